The summed E-state index contributed by atoms with van der Waals surface area (Å²) in [6, 6.07) is 15.1. The number of rotatable bonds is 4. The molecule has 150 valence electrons. The van der Waals surface area contributed by atoms with Gasteiger partial charge in [-0.15, -0.1) is 11.8 Å². The van der Waals surface area contributed by atoms with E-state index < -0.39 is 0 Å². The topological polar surface area (TPSA) is 71.3 Å². The molecule has 0 radical (unpaired) electrons. The second-order valence-electron chi connectivity index (χ2n) is 6.88. The van der Waals surface area contributed by atoms with E-state index in [0.717, 1.165) is 24.1 Å². The number of carbonyl (C=O) groups is 1. The number of nitrogens with one attached hydrogen (secondary N) is 1. The molecule has 6 nitrogen and oxygen atoms in total. The molecule has 0 saturated carbocycles. The number of hydrogen-bond acceptors (Lipinski definition) is 5. The number of anilines is 1. The Morgan fingerprint density at radius 2 is 1.83 bits per heavy atom. The average molecular weight is 429 g/mol. The van der Waals surface area contributed by atoms with Crippen LogP contribution in [0.2, 0.25) is 5.02 Å². The van der Waals surface area contributed by atoms with Crippen molar-refractivity contribution >= 4 is 35.1 Å². The third-order valence-corrected chi connectivity index (χ3v) is 6.01. The second kappa shape index (κ2) is 8.88. The fourth-order valence-corrected chi connectivity index (χ4v) is 3.86. The van der Waals surface area contributed by atoms with Crippen LogP contribution in [0.3, 0.4) is 0 Å². The van der Waals surface area contributed by atoms with Crippen LogP contribution in [0.4, 0.5) is 10.5 Å². The molecule has 1 aliphatic rings. The van der Waals surface area contributed by atoms with Gasteiger partial charge in [-0.3, -0.25) is 0 Å². The predicted octanol–water partition coefficient (Wildman–Crippen LogP) is 5.52. The molecule has 1 fully saturated rings. The molecular weight excluding hydrogens is 408 g/mol. The minimum atomic E-state index is -0.0762. The number of halogens is 1. The van der Waals surface area contributed by atoms with E-state index in [-0.39, 0.29) is 11.9 Å². The summed E-state index contributed by atoms with van der Waals surface area (Å²) in [7, 11) is 0. The lowest BCUT2D eigenvalue weighted by Crippen LogP contribution is -2.40. The molecule has 0 atom stereocenters. The minimum absolute atomic E-state index is 0.0762. The van der Waals surface area contributed by atoms with Crippen molar-refractivity contribution in [2.75, 3.05) is 24.7 Å². The van der Waals surface area contributed by atoms with Crippen LogP contribution in [0.15, 0.2) is 57.9 Å². The molecule has 4 rings (SSSR count). The Bertz CT molecular complexity index is 967. The summed E-state index contributed by atoms with van der Waals surface area (Å²) in [6.45, 7) is 1.30. The second-order valence-corrected chi connectivity index (χ2v) is 8.20. The molecule has 8 heteroatoms. The molecule has 1 N–H and O–H groups in total. The number of aromatic nitrogens is 2. The van der Waals surface area contributed by atoms with Gasteiger partial charge in [0.2, 0.25) is 11.7 Å². The molecule has 1 aliphatic heterocycles. The van der Waals surface area contributed by atoms with E-state index in [2.05, 4.69) is 15.5 Å². The van der Waals surface area contributed by atoms with Gasteiger partial charge in [0.25, 0.3) is 0 Å². The van der Waals surface area contributed by atoms with Crippen molar-refractivity contribution in [2.24, 2.45) is 0 Å². The van der Waals surface area contributed by atoms with Crippen LogP contribution in [0.1, 0.15) is 24.7 Å². The van der Waals surface area contributed by atoms with E-state index in [4.69, 9.17) is 16.1 Å². The fraction of sp³-hybridized carbons (Fsp3) is 0.286. The lowest BCUT2D eigenvalue weighted by atomic mass is 9.97. The lowest BCUT2D eigenvalue weighted by Gasteiger charge is -2.30. The van der Waals surface area contributed by atoms with Gasteiger partial charge in [0, 0.05) is 40.2 Å². The maximum absolute atomic E-state index is 12.5. The van der Waals surface area contributed by atoms with Gasteiger partial charge in [0.15, 0.2) is 0 Å². The molecule has 1 aromatic heterocycles. The highest BCUT2D eigenvalue weighted by Gasteiger charge is 2.27. The van der Waals surface area contributed by atoms with E-state index in [9.17, 15) is 4.79 Å². The van der Waals surface area contributed by atoms with Crippen LogP contribution in [-0.4, -0.2) is 40.4 Å². The van der Waals surface area contributed by atoms with E-state index in [1.165, 1.54) is 4.90 Å². The number of urea groups is 1. The van der Waals surface area contributed by atoms with Crippen molar-refractivity contribution in [3.8, 4) is 11.4 Å². The van der Waals surface area contributed by atoms with Crippen molar-refractivity contribution in [1.29, 1.82) is 0 Å². The van der Waals surface area contributed by atoms with Gasteiger partial charge in [-0.25, -0.2) is 4.79 Å². The van der Waals surface area contributed by atoms with Crippen molar-refractivity contribution in [1.82, 2.24) is 15.0 Å². The Kier molecular flexibility index (Phi) is 6.06. The zero-order valence-corrected chi connectivity index (χ0v) is 17.5. The van der Waals surface area contributed by atoms with Crippen LogP contribution in [0, 0.1) is 0 Å². The summed E-state index contributed by atoms with van der Waals surface area (Å²) in [5.74, 6) is 1.35. The molecule has 2 heterocycles. The number of piperidine rings is 1. The number of hydrogen-bond donors (Lipinski definition) is 1. The molecule has 2 amide bonds. The quantitative estimate of drug-likeness (QED) is 0.553. The number of carbonyl (C=O) groups excluding carboxylic acids is 1. The summed E-state index contributed by atoms with van der Waals surface area (Å²) in [4.78, 5) is 20.1. The summed E-state index contributed by atoms with van der Waals surface area (Å²) in [5.41, 5.74) is 1.67. The number of likely N-dealkylation sites (tertiary alicyclic amines) is 1. The van der Waals surface area contributed by atoms with Gasteiger partial charge in [-0.1, -0.05) is 16.8 Å². The monoisotopic (exact) mass is 428 g/mol. The van der Waals surface area contributed by atoms with E-state index >= 15 is 0 Å². The van der Waals surface area contributed by atoms with Crippen LogP contribution in [0.25, 0.3) is 11.4 Å². The Labute approximate surface area is 178 Å². The molecule has 0 bridgehead atoms. The Balaban J connectivity index is 1.33. The standard InChI is InChI=1S/C21H21ClN4O2S/c1-29-18-8-6-17(7-9-18)23-21(27)26-12-10-15(11-13-26)20-24-19(25-28-20)14-2-4-16(22)5-3-14/h2-9,15H,10-13H2,1H3,(H,23,27). The zero-order valence-electron chi connectivity index (χ0n) is 16.0. The maximum atomic E-state index is 12.5. The normalized spacial score (nSPS) is 14.8. The fourth-order valence-electron chi connectivity index (χ4n) is 3.32. The minimum Gasteiger partial charge on any atom is -0.339 e. The summed E-state index contributed by atoms with van der Waals surface area (Å²) in [6.07, 6.45) is 3.61. The van der Waals surface area contributed by atoms with Gasteiger partial charge >= 0.3 is 6.03 Å². The number of thioether (sulfide) groups is 1. The number of nitrogens with zero attached hydrogens (tertiary/aromatic N) is 3. The molecular formula is C21H21ClN4O2S. The molecule has 29 heavy (non-hydrogen) atoms. The van der Waals surface area contributed by atoms with E-state index in [1.54, 1.807) is 23.9 Å². The van der Waals surface area contributed by atoms with Gasteiger partial charge in [0.05, 0.1) is 0 Å². The van der Waals surface area contributed by atoms with Crippen molar-refractivity contribution < 1.29 is 9.32 Å². The summed E-state index contributed by atoms with van der Waals surface area (Å²) >= 11 is 7.60. The molecule has 2 aromatic carbocycles. The van der Waals surface area contributed by atoms with Crippen LogP contribution < -0.4 is 5.32 Å². The van der Waals surface area contributed by atoms with Crippen molar-refractivity contribution in [3.05, 3.63) is 59.4 Å². The van der Waals surface area contributed by atoms with Gasteiger partial charge in [-0.2, -0.15) is 4.98 Å². The Morgan fingerprint density at radius 1 is 1.14 bits per heavy atom. The van der Waals surface area contributed by atoms with Crippen LogP contribution >= 0.6 is 23.4 Å². The first-order chi connectivity index (χ1) is 14.1. The first-order valence-corrected chi connectivity index (χ1v) is 11.0. The first kappa shape index (κ1) is 19.8. The lowest BCUT2D eigenvalue weighted by molar-refractivity contribution is 0.187. The first-order valence-electron chi connectivity index (χ1n) is 9.42. The van der Waals surface area contributed by atoms with E-state index in [0.29, 0.717) is 29.8 Å². The maximum Gasteiger partial charge on any atom is 0.321 e. The smallest absolute Gasteiger partial charge is 0.321 e. The third kappa shape index (κ3) is 4.74. The highest BCUT2D eigenvalue weighted by atomic mass is 35.5. The van der Waals surface area contributed by atoms with Crippen LogP contribution in [-0.2, 0) is 0 Å². The number of benzene rings is 2. The highest BCUT2D eigenvalue weighted by molar-refractivity contribution is 7.98. The molecule has 1 saturated heterocycles. The third-order valence-electron chi connectivity index (χ3n) is 5.02. The van der Waals surface area contributed by atoms with E-state index in [1.807, 2.05) is 47.6 Å². The van der Waals surface area contributed by atoms with Crippen LogP contribution in [0.5, 0.6) is 0 Å². The predicted molar refractivity (Wildman–Crippen MR) is 116 cm³/mol. The average Bonchev–Trinajstić information content (AvgIpc) is 3.25. The number of amides is 2. The van der Waals surface area contributed by atoms with Crippen molar-refractivity contribution in [2.45, 2.75) is 23.7 Å². The molecule has 0 aliphatic carbocycles. The Hall–Kier alpha value is -2.51. The summed E-state index contributed by atoms with van der Waals surface area (Å²) < 4.78 is 5.49. The van der Waals surface area contributed by atoms with Gasteiger partial charge < -0.3 is 14.7 Å². The molecule has 0 spiro atoms. The SMILES string of the molecule is CSc1ccc(NC(=O)N2CCC(c3nc(-c4ccc(Cl)cc4)no3)CC2)cc1. The highest BCUT2D eigenvalue weighted by Crippen LogP contribution is 2.29. The van der Waals surface area contributed by atoms with Crippen molar-refractivity contribution in [3.63, 3.8) is 0 Å². The Morgan fingerprint density at radius 3 is 2.48 bits per heavy atom. The zero-order chi connectivity index (χ0) is 20.2. The van der Waals surface area contributed by atoms with Gasteiger partial charge in [0.1, 0.15) is 0 Å². The largest absolute Gasteiger partial charge is 0.339 e. The van der Waals surface area contributed by atoms with Gasteiger partial charge in [-0.05, 0) is 67.6 Å². The molecule has 0 unspecified atom stereocenters. The summed E-state index contributed by atoms with van der Waals surface area (Å²) in [5, 5.41) is 7.72. The molecule has 3 aromatic rings.